The molecule has 0 spiro atoms. The van der Waals surface area contributed by atoms with Crippen molar-refractivity contribution in [2.45, 2.75) is 77.6 Å². The van der Waals surface area contributed by atoms with Crippen molar-refractivity contribution in [2.24, 2.45) is 0 Å². The van der Waals surface area contributed by atoms with Crippen LogP contribution in [0.25, 0.3) is 88.3 Å². The lowest BCUT2D eigenvalue weighted by Crippen LogP contribution is -2.15. The summed E-state index contributed by atoms with van der Waals surface area (Å²) in [5.74, 6) is 0.439. The van der Waals surface area contributed by atoms with Crippen molar-refractivity contribution in [3.8, 4) is 66.8 Å². The number of hydrogen-bond acceptors (Lipinski definition) is 0. The second-order valence-corrected chi connectivity index (χ2v) is 20.2. The van der Waals surface area contributed by atoms with Gasteiger partial charge in [-0.15, -0.1) is 0 Å². The van der Waals surface area contributed by atoms with E-state index in [-0.39, 0.29) is 16.2 Å². The highest BCUT2D eigenvalue weighted by molar-refractivity contribution is 6.23. The Bertz CT molecular complexity index is 3260. The number of fused-ring (bicyclic) bond motifs is 11. The first-order valence-electron chi connectivity index (χ1n) is 22.6. The van der Waals surface area contributed by atoms with Crippen molar-refractivity contribution in [3.63, 3.8) is 0 Å². The van der Waals surface area contributed by atoms with Gasteiger partial charge in [0.1, 0.15) is 0 Å². The molecule has 0 aromatic heterocycles. The van der Waals surface area contributed by atoms with E-state index in [1.807, 2.05) is 0 Å². The van der Waals surface area contributed by atoms with E-state index in [4.69, 9.17) is 0 Å². The van der Waals surface area contributed by atoms with Crippen LogP contribution in [0.4, 0.5) is 0 Å². The molecule has 12 rings (SSSR count). The van der Waals surface area contributed by atoms with Gasteiger partial charge in [-0.05, 0) is 164 Å². The zero-order valence-corrected chi connectivity index (χ0v) is 37.2. The van der Waals surface area contributed by atoms with Gasteiger partial charge in [0.2, 0.25) is 0 Å². The van der Waals surface area contributed by atoms with Crippen molar-refractivity contribution in [3.05, 3.63) is 203 Å². The maximum Gasteiger partial charge on any atom is 0.0159 e. The second kappa shape index (κ2) is 12.8. The van der Waals surface area contributed by atoms with Gasteiger partial charge < -0.3 is 0 Å². The lowest BCUT2D eigenvalue weighted by Gasteiger charge is -2.26. The van der Waals surface area contributed by atoms with E-state index in [1.54, 1.807) is 0 Å². The number of benzene rings is 9. The summed E-state index contributed by atoms with van der Waals surface area (Å²) in [5, 5.41) is 5.26. The largest absolute Gasteiger partial charge is 0.0619 e. The van der Waals surface area contributed by atoms with E-state index in [0.717, 1.165) is 0 Å². The standard InChI is InChI=1S/C62H52/c1-36(2)40-17-9-10-18-41(40)37-25-27-38(28-26-37)58-48-32-46-43-20-12-15-23-53(43)61(5,6)56(46)34-50(48)59(39-29-30-45-42-19-11-14-22-52(42)60(3,4)55(45)31-39)51-35-57-47(33-49(51)58)44-21-13-16-24-54(44)62(57,7)8/h9-36H,1-8H3. The molecule has 0 saturated heterocycles. The molecule has 9 aromatic carbocycles. The minimum absolute atomic E-state index is 0.112. The molecule has 3 aliphatic rings. The summed E-state index contributed by atoms with van der Waals surface area (Å²) in [7, 11) is 0. The van der Waals surface area contributed by atoms with Gasteiger partial charge in [0.05, 0.1) is 0 Å². The molecule has 0 heteroatoms. The van der Waals surface area contributed by atoms with Crippen LogP contribution < -0.4 is 0 Å². The van der Waals surface area contributed by atoms with Gasteiger partial charge in [-0.25, -0.2) is 0 Å². The quantitative estimate of drug-likeness (QED) is 0.156. The third-order valence-corrected chi connectivity index (χ3v) is 15.5. The molecule has 0 bridgehead atoms. The van der Waals surface area contributed by atoms with Crippen molar-refractivity contribution < 1.29 is 0 Å². The molecule has 3 aliphatic carbocycles. The normalized spacial score (nSPS) is 15.6. The van der Waals surface area contributed by atoms with Gasteiger partial charge in [0, 0.05) is 16.2 Å². The van der Waals surface area contributed by atoms with Gasteiger partial charge >= 0.3 is 0 Å². The third kappa shape index (κ3) is 4.96. The lowest BCUT2D eigenvalue weighted by molar-refractivity contribution is 0.660. The summed E-state index contributed by atoms with van der Waals surface area (Å²) >= 11 is 0. The number of hydrogen-bond donors (Lipinski definition) is 0. The minimum atomic E-state index is -0.138. The summed E-state index contributed by atoms with van der Waals surface area (Å²) in [6.45, 7) is 19.1. The Balaban J connectivity index is 1.22. The Kier molecular flexibility index (Phi) is 7.68. The van der Waals surface area contributed by atoms with Crippen molar-refractivity contribution >= 4 is 21.5 Å². The van der Waals surface area contributed by atoms with Crippen molar-refractivity contribution in [1.29, 1.82) is 0 Å². The van der Waals surface area contributed by atoms with E-state index in [0.29, 0.717) is 5.92 Å². The Morgan fingerprint density at radius 3 is 1.15 bits per heavy atom. The highest BCUT2D eigenvalue weighted by Crippen LogP contribution is 2.57. The smallest absolute Gasteiger partial charge is 0.0159 e. The predicted octanol–water partition coefficient (Wildman–Crippen LogP) is 17.0. The molecule has 0 fully saturated rings. The molecular weight excluding hydrogens is 745 g/mol. The van der Waals surface area contributed by atoms with E-state index in [2.05, 4.69) is 219 Å². The first kappa shape index (κ1) is 37.3. The fourth-order valence-corrected chi connectivity index (χ4v) is 12.2. The zero-order chi connectivity index (χ0) is 42.4. The Morgan fingerprint density at radius 1 is 0.290 bits per heavy atom. The predicted molar refractivity (Wildman–Crippen MR) is 265 cm³/mol. The van der Waals surface area contributed by atoms with Crippen LogP contribution in [-0.2, 0) is 16.2 Å². The average Bonchev–Trinajstić information content (AvgIpc) is 3.76. The van der Waals surface area contributed by atoms with Gasteiger partial charge in [0.15, 0.2) is 0 Å². The van der Waals surface area contributed by atoms with Gasteiger partial charge in [-0.3, -0.25) is 0 Å². The Hall–Kier alpha value is -6.50. The van der Waals surface area contributed by atoms with Crippen LogP contribution in [-0.4, -0.2) is 0 Å². The molecule has 0 aliphatic heterocycles. The van der Waals surface area contributed by atoms with E-state index in [9.17, 15) is 0 Å². The molecule has 0 saturated carbocycles. The number of rotatable bonds is 4. The molecule has 9 aromatic rings. The molecule has 0 radical (unpaired) electrons. The second-order valence-electron chi connectivity index (χ2n) is 20.2. The summed E-state index contributed by atoms with van der Waals surface area (Å²) in [4.78, 5) is 0. The van der Waals surface area contributed by atoms with Crippen molar-refractivity contribution in [2.75, 3.05) is 0 Å². The molecular formula is C62H52. The molecule has 0 amide bonds. The maximum absolute atomic E-state index is 2.59. The van der Waals surface area contributed by atoms with Crippen molar-refractivity contribution in [1.82, 2.24) is 0 Å². The van der Waals surface area contributed by atoms with Crippen LogP contribution in [0.15, 0.2) is 164 Å². The first-order valence-corrected chi connectivity index (χ1v) is 22.6. The monoisotopic (exact) mass is 796 g/mol. The fourth-order valence-electron chi connectivity index (χ4n) is 12.2. The average molecular weight is 797 g/mol. The van der Waals surface area contributed by atoms with E-state index < -0.39 is 0 Å². The topological polar surface area (TPSA) is 0 Å². The summed E-state index contributed by atoms with van der Waals surface area (Å²) in [5.41, 5.74) is 25.3. The third-order valence-electron chi connectivity index (χ3n) is 15.5. The minimum Gasteiger partial charge on any atom is -0.0619 e. The van der Waals surface area contributed by atoms with Crippen LogP contribution in [0.3, 0.4) is 0 Å². The molecule has 0 N–H and O–H groups in total. The highest BCUT2D eigenvalue weighted by Gasteiger charge is 2.40. The summed E-state index contributed by atoms with van der Waals surface area (Å²) < 4.78 is 0. The molecule has 0 nitrogen and oxygen atoms in total. The fraction of sp³-hybridized carbons (Fsp3) is 0.194. The SMILES string of the molecule is CC(C)c1ccccc1-c1ccc(-c2c3cc4c(cc3c(-c3ccc5c(c3)C(C)(C)c3ccccc3-5)c3cc5c(cc23)-c2ccccc2C5(C)C)C(C)(C)c2ccccc2-4)cc1. The van der Waals surface area contributed by atoms with E-state index >= 15 is 0 Å². The summed E-state index contributed by atoms with van der Waals surface area (Å²) in [6.07, 6.45) is 0. The highest BCUT2D eigenvalue weighted by atomic mass is 14.4. The molecule has 300 valence electrons. The Labute approximate surface area is 366 Å². The van der Waals surface area contributed by atoms with E-state index in [1.165, 1.54) is 127 Å². The molecule has 62 heavy (non-hydrogen) atoms. The van der Waals surface area contributed by atoms with Gasteiger partial charge in [0.25, 0.3) is 0 Å². The first-order chi connectivity index (χ1) is 29.9. The Morgan fingerprint density at radius 2 is 0.645 bits per heavy atom. The molecule has 0 unspecified atom stereocenters. The van der Waals surface area contributed by atoms with Crippen LogP contribution >= 0.6 is 0 Å². The lowest BCUT2D eigenvalue weighted by atomic mass is 9.77. The van der Waals surface area contributed by atoms with Crippen LogP contribution in [0, 0.1) is 0 Å². The van der Waals surface area contributed by atoms with Gasteiger partial charge in [-0.1, -0.05) is 189 Å². The molecule has 0 heterocycles. The summed E-state index contributed by atoms with van der Waals surface area (Å²) in [6, 6.07) is 63.3. The van der Waals surface area contributed by atoms with Gasteiger partial charge in [-0.2, -0.15) is 0 Å². The van der Waals surface area contributed by atoms with Crippen LogP contribution in [0.2, 0.25) is 0 Å². The van der Waals surface area contributed by atoms with Crippen LogP contribution in [0.1, 0.15) is 100 Å². The van der Waals surface area contributed by atoms with Crippen LogP contribution in [0.5, 0.6) is 0 Å². The molecule has 0 atom stereocenters. The maximum atomic E-state index is 2.59. The zero-order valence-electron chi connectivity index (χ0n) is 37.2.